The predicted octanol–water partition coefficient (Wildman–Crippen LogP) is 11.3. The van der Waals surface area contributed by atoms with Crippen LogP contribution in [0.2, 0.25) is 0 Å². The minimum absolute atomic E-state index is 0.144. The van der Waals surface area contributed by atoms with Crippen molar-refractivity contribution in [3.05, 3.63) is 82.9 Å². The van der Waals surface area contributed by atoms with Crippen molar-refractivity contribution in [3.63, 3.8) is 0 Å². The van der Waals surface area contributed by atoms with E-state index in [2.05, 4.69) is 13.8 Å². The quantitative estimate of drug-likeness (QED) is 0.139. The van der Waals surface area contributed by atoms with Gasteiger partial charge in [0.05, 0.1) is 12.7 Å². The fourth-order valence-corrected chi connectivity index (χ4v) is 5.99. The second kappa shape index (κ2) is 15.5. The highest BCUT2D eigenvalue weighted by molar-refractivity contribution is 5.71. The fourth-order valence-electron chi connectivity index (χ4n) is 5.99. The molecule has 4 rings (SSSR count). The first kappa shape index (κ1) is 31.3. The van der Waals surface area contributed by atoms with E-state index in [1.165, 1.54) is 32.1 Å². The number of hydrogen-bond donors (Lipinski definition) is 0. The first-order valence-electron chi connectivity index (χ1n) is 15.6. The van der Waals surface area contributed by atoms with Crippen molar-refractivity contribution >= 4 is 0 Å². The van der Waals surface area contributed by atoms with Crippen molar-refractivity contribution in [2.75, 3.05) is 6.61 Å². The van der Waals surface area contributed by atoms with Gasteiger partial charge in [-0.3, -0.25) is 0 Å². The Bertz CT molecular complexity index is 1250. The molecule has 3 aromatic rings. The van der Waals surface area contributed by atoms with Gasteiger partial charge in [0.15, 0.2) is 23.3 Å². The summed E-state index contributed by atoms with van der Waals surface area (Å²) < 4.78 is 66.1. The molecular formula is C36H44F4O. The summed E-state index contributed by atoms with van der Waals surface area (Å²) in [6.07, 6.45) is 13.6. The van der Waals surface area contributed by atoms with Crippen molar-refractivity contribution in [2.45, 2.75) is 109 Å². The van der Waals surface area contributed by atoms with E-state index in [1.54, 1.807) is 48.5 Å². The largest absolute Gasteiger partial charge is 0.378 e. The first-order chi connectivity index (χ1) is 19.9. The molecule has 3 aromatic carbocycles. The lowest BCUT2D eigenvalue weighted by atomic mass is 9.88. The normalized spacial score (nSPS) is 17.2. The van der Waals surface area contributed by atoms with E-state index < -0.39 is 23.3 Å². The van der Waals surface area contributed by atoms with Gasteiger partial charge in [0.25, 0.3) is 0 Å². The maximum atomic E-state index is 15.2. The maximum absolute atomic E-state index is 15.2. The maximum Gasteiger partial charge on any atom is 0.166 e. The van der Waals surface area contributed by atoms with Crippen LogP contribution in [0.15, 0.2) is 48.5 Å². The van der Waals surface area contributed by atoms with Crippen LogP contribution in [-0.2, 0) is 11.2 Å². The van der Waals surface area contributed by atoms with Crippen LogP contribution in [0.4, 0.5) is 17.6 Å². The predicted molar refractivity (Wildman–Crippen MR) is 160 cm³/mol. The van der Waals surface area contributed by atoms with Crippen molar-refractivity contribution < 1.29 is 22.3 Å². The van der Waals surface area contributed by atoms with E-state index in [0.29, 0.717) is 35.3 Å². The van der Waals surface area contributed by atoms with Gasteiger partial charge >= 0.3 is 0 Å². The summed E-state index contributed by atoms with van der Waals surface area (Å²) in [5.41, 5.74) is 2.02. The zero-order valence-corrected chi connectivity index (χ0v) is 24.6. The second-order valence-corrected chi connectivity index (χ2v) is 11.6. The number of benzene rings is 3. The number of rotatable bonds is 14. The summed E-state index contributed by atoms with van der Waals surface area (Å²) in [6.45, 7) is 4.71. The van der Waals surface area contributed by atoms with Crippen LogP contribution in [0.3, 0.4) is 0 Å². The van der Waals surface area contributed by atoms with E-state index in [1.807, 2.05) is 0 Å². The van der Waals surface area contributed by atoms with Gasteiger partial charge in [0, 0.05) is 17.0 Å². The minimum Gasteiger partial charge on any atom is -0.378 e. The van der Waals surface area contributed by atoms with E-state index in [-0.39, 0.29) is 23.1 Å². The Morgan fingerprint density at radius 1 is 0.610 bits per heavy atom. The molecule has 0 amide bonds. The molecule has 0 aromatic heterocycles. The van der Waals surface area contributed by atoms with Crippen LogP contribution in [0.25, 0.3) is 22.3 Å². The molecule has 0 bridgehead atoms. The Labute approximate surface area is 243 Å². The van der Waals surface area contributed by atoms with Crippen LogP contribution in [0.5, 0.6) is 0 Å². The van der Waals surface area contributed by atoms with Gasteiger partial charge in [-0.15, -0.1) is 0 Å². The summed E-state index contributed by atoms with van der Waals surface area (Å²) in [5.74, 6) is -3.56. The highest BCUT2D eigenvalue weighted by atomic mass is 19.2. The number of hydrogen-bond acceptors (Lipinski definition) is 1. The molecule has 2 unspecified atom stereocenters. The average Bonchev–Trinajstić information content (AvgIpc) is 2.99. The molecule has 0 N–H and O–H groups in total. The molecule has 1 aliphatic rings. The monoisotopic (exact) mass is 568 g/mol. The highest BCUT2D eigenvalue weighted by Crippen LogP contribution is 2.36. The Morgan fingerprint density at radius 3 is 1.78 bits per heavy atom. The molecular weight excluding hydrogens is 524 g/mol. The zero-order chi connectivity index (χ0) is 29.2. The highest BCUT2D eigenvalue weighted by Gasteiger charge is 2.27. The number of halogens is 4. The van der Waals surface area contributed by atoms with Gasteiger partial charge in [0.1, 0.15) is 0 Å². The first-order valence-corrected chi connectivity index (χ1v) is 15.6. The summed E-state index contributed by atoms with van der Waals surface area (Å²) in [5, 5.41) is 0. The molecule has 1 nitrogen and oxygen atoms in total. The van der Waals surface area contributed by atoms with Crippen LogP contribution in [-0.4, -0.2) is 12.7 Å². The molecule has 0 radical (unpaired) electrons. The molecule has 0 saturated carbocycles. The standard InChI is InChI=1S/C36H44F4O/c1-3-5-6-7-8-9-10-11-13-27-19-21-30(34(38)33(27)37)25-14-16-26(17-15-25)31-22-23-32(36(40)35(31)39)28-18-20-29(12-4-2)41-24-28/h14-17,19,21-23,28-29H,3-13,18,20,24H2,1-2H3. The molecule has 1 fully saturated rings. The Balaban J connectivity index is 1.39. The molecule has 1 saturated heterocycles. The topological polar surface area (TPSA) is 9.23 Å². The Kier molecular flexibility index (Phi) is 11.9. The summed E-state index contributed by atoms with van der Waals surface area (Å²) in [6, 6.07) is 13.0. The Hall–Kier alpha value is -2.66. The molecule has 5 heteroatoms. The van der Waals surface area contributed by atoms with Crippen molar-refractivity contribution in [2.24, 2.45) is 0 Å². The van der Waals surface area contributed by atoms with E-state index >= 15 is 13.2 Å². The van der Waals surface area contributed by atoms with E-state index in [0.717, 1.165) is 44.9 Å². The summed E-state index contributed by atoms with van der Waals surface area (Å²) in [7, 11) is 0. The lowest BCUT2D eigenvalue weighted by Gasteiger charge is -2.29. The van der Waals surface area contributed by atoms with Crippen LogP contribution < -0.4 is 0 Å². The van der Waals surface area contributed by atoms with Crippen molar-refractivity contribution in [1.82, 2.24) is 0 Å². The number of ether oxygens (including phenoxy) is 1. The van der Waals surface area contributed by atoms with Gasteiger partial charge in [-0.2, -0.15) is 0 Å². The van der Waals surface area contributed by atoms with Crippen LogP contribution in [0.1, 0.15) is 108 Å². The second-order valence-electron chi connectivity index (χ2n) is 11.6. The summed E-state index contributed by atoms with van der Waals surface area (Å²) in [4.78, 5) is 0. The lowest BCUT2D eigenvalue weighted by molar-refractivity contribution is -0.00181. The van der Waals surface area contributed by atoms with Gasteiger partial charge in [-0.25, -0.2) is 17.6 Å². The third-order valence-electron chi connectivity index (χ3n) is 8.50. The molecule has 41 heavy (non-hydrogen) atoms. The number of aryl methyl sites for hydroxylation is 1. The minimum atomic E-state index is -0.895. The number of unbranched alkanes of at least 4 members (excludes halogenated alkanes) is 7. The molecule has 0 spiro atoms. The van der Waals surface area contributed by atoms with E-state index in [9.17, 15) is 4.39 Å². The summed E-state index contributed by atoms with van der Waals surface area (Å²) >= 11 is 0. The molecule has 0 aliphatic carbocycles. The third-order valence-corrected chi connectivity index (χ3v) is 8.50. The SMILES string of the molecule is CCCCCCCCCCc1ccc(-c2ccc(-c3ccc(C4CCC(CCC)OC4)c(F)c3F)cc2)c(F)c1F. The molecule has 2 atom stereocenters. The van der Waals surface area contributed by atoms with Crippen molar-refractivity contribution in [3.8, 4) is 22.3 Å². The van der Waals surface area contributed by atoms with Gasteiger partial charge in [0.2, 0.25) is 0 Å². The van der Waals surface area contributed by atoms with Crippen molar-refractivity contribution in [1.29, 1.82) is 0 Å². The average molecular weight is 569 g/mol. The Morgan fingerprint density at radius 2 is 1.20 bits per heavy atom. The van der Waals surface area contributed by atoms with E-state index in [4.69, 9.17) is 4.74 Å². The van der Waals surface area contributed by atoms with Gasteiger partial charge in [-0.1, -0.05) is 114 Å². The molecule has 1 aliphatic heterocycles. The van der Waals surface area contributed by atoms with Crippen LogP contribution in [0, 0.1) is 23.3 Å². The lowest BCUT2D eigenvalue weighted by Crippen LogP contribution is -2.25. The molecule has 1 heterocycles. The zero-order valence-electron chi connectivity index (χ0n) is 24.6. The third kappa shape index (κ3) is 8.00. The smallest absolute Gasteiger partial charge is 0.166 e. The van der Waals surface area contributed by atoms with Crippen LogP contribution >= 0.6 is 0 Å². The van der Waals surface area contributed by atoms with Gasteiger partial charge in [-0.05, 0) is 54.4 Å². The molecule has 222 valence electrons. The van der Waals surface area contributed by atoms with Gasteiger partial charge < -0.3 is 4.74 Å². The fraction of sp³-hybridized carbons (Fsp3) is 0.500.